The van der Waals surface area contributed by atoms with E-state index in [1.165, 1.54) is 6.21 Å². The van der Waals surface area contributed by atoms with Crippen molar-refractivity contribution >= 4 is 35.5 Å². The molecule has 0 saturated heterocycles. The van der Waals surface area contributed by atoms with E-state index in [1.807, 2.05) is 54.6 Å². The molecule has 0 bridgehead atoms. The molecule has 0 aliphatic rings. The fourth-order valence-electron chi connectivity index (χ4n) is 2.12. The van der Waals surface area contributed by atoms with E-state index in [9.17, 15) is 4.79 Å². The molecule has 26 heavy (non-hydrogen) atoms. The molecule has 3 rings (SSSR count). The second kappa shape index (κ2) is 9.17. The van der Waals surface area contributed by atoms with Gasteiger partial charge in [-0.3, -0.25) is 9.78 Å². The minimum Gasteiger partial charge on any atom is -0.267 e. The number of hydrogen-bond donors (Lipinski definition) is 1. The van der Waals surface area contributed by atoms with Gasteiger partial charge in [0.1, 0.15) is 0 Å². The lowest BCUT2D eigenvalue weighted by atomic mass is 10.1. The van der Waals surface area contributed by atoms with Crippen LogP contribution in [0.4, 0.5) is 0 Å². The highest BCUT2D eigenvalue weighted by molar-refractivity contribution is 7.98. The molecule has 1 aromatic heterocycles. The molecule has 0 fully saturated rings. The van der Waals surface area contributed by atoms with Crippen LogP contribution in [0.15, 0.2) is 82.9 Å². The highest BCUT2D eigenvalue weighted by Gasteiger charge is 2.04. The monoisotopic (exact) mass is 381 g/mol. The molecular weight excluding hydrogens is 366 g/mol. The first kappa shape index (κ1) is 18.2. The molecule has 6 heteroatoms. The third kappa shape index (κ3) is 5.44. The molecule has 1 N–H and O–H groups in total. The van der Waals surface area contributed by atoms with Crippen LogP contribution in [0.2, 0.25) is 5.02 Å². The predicted molar refractivity (Wildman–Crippen MR) is 107 cm³/mol. The summed E-state index contributed by atoms with van der Waals surface area (Å²) in [6.45, 7) is 0. The Kier molecular flexibility index (Phi) is 6.41. The van der Waals surface area contributed by atoms with Crippen molar-refractivity contribution in [2.45, 2.75) is 10.6 Å². The summed E-state index contributed by atoms with van der Waals surface area (Å²) in [5.41, 5.74) is 4.88. The topological polar surface area (TPSA) is 54.4 Å². The van der Waals surface area contributed by atoms with Crippen molar-refractivity contribution < 1.29 is 4.79 Å². The second-order valence-electron chi connectivity index (χ2n) is 5.39. The molecular formula is C20H16ClN3OS. The Bertz CT molecular complexity index is 881. The first-order valence-electron chi connectivity index (χ1n) is 7.92. The number of rotatable bonds is 6. The normalized spacial score (nSPS) is 10.8. The van der Waals surface area contributed by atoms with Gasteiger partial charge in [-0.05, 0) is 54.1 Å². The molecule has 130 valence electrons. The Morgan fingerprint density at radius 1 is 1.08 bits per heavy atom. The number of nitrogens with zero attached hydrogens (tertiary/aromatic N) is 2. The Balaban J connectivity index is 1.52. The third-order valence-corrected chi connectivity index (χ3v) is 4.82. The van der Waals surface area contributed by atoms with Gasteiger partial charge in [-0.25, -0.2) is 5.43 Å². The summed E-state index contributed by atoms with van der Waals surface area (Å²) >= 11 is 7.60. The van der Waals surface area contributed by atoms with Crippen molar-refractivity contribution in [2.24, 2.45) is 5.10 Å². The van der Waals surface area contributed by atoms with Gasteiger partial charge in [-0.2, -0.15) is 5.10 Å². The number of thioether (sulfide) groups is 1. The fraction of sp³-hybridized carbons (Fsp3) is 0.0500. The lowest BCUT2D eigenvalue weighted by Gasteiger charge is -2.04. The van der Waals surface area contributed by atoms with E-state index < -0.39 is 0 Å². The molecule has 0 spiro atoms. The zero-order chi connectivity index (χ0) is 18.2. The van der Waals surface area contributed by atoms with Crippen molar-refractivity contribution in [3.05, 3.63) is 94.8 Å². The average molecular weight is 382 g/mol. The van der Waals surface area contributed by atoms with Crippen molar-refractivity contribution in [1.82, 2.24) is 10.4 Å². The number of amides is 1. The maximum Gasteiger partial charge on any atom is 0.271 e. The molecule has 0 aliphatic carbocycles. The standard InChI is InChI=1S/C20H16ClN3OS/c21-17-8-10-19(11-9-17)26-14-15-4-6-16(7-5-15)20(25)24-23-13-18-3-1-2-12-22-18/h1-13H,14H2,(H,24,25)/b23-13+. The summed E-state index contributed by atoms with van der Waals surface area (Å²) in [5, 5.41) is 4.65. The van der Waals surface area contributed by atoms with Crippen LogP contribution >= 0.6 is 23.4 Å². The van der Waals surface area contributed by atoms with Gasteiger partial charge in [0.05, 0.1) is 11.9 Å². The number of benzene rings is 2. The highest BCUT2D eigenvalue weighted by atomic mass is 35.5. The summed E-state index contributed by atoms with van der Waals surface area (Å²) in [7, 11) is 0. The van der Waals surface area contributed by atoms with E-state index in [-0.39, 0.29) is 5.91 Å². The van der Waals surface area contributed by atoms with Gasteiger partial charge < -0.3 is 0 Å². The highest BCUT2D eigenvalue weighted by Crippen LogP contribution is 2.24. The third-order valence-electron chi connectivity index (χ3n) is 3.49. The zero-order valence-electron chi connectivity index (χ0n) is 13.8. The van der Waals surface area contributed by atoms with Gasteiger partial charge >= 0.3 is 0 Å². The SMILES string of the molecule is O=C(N/N=C/c1ccccn1)c1ccc(CSc2ccc(Cl)cc2)cc1. The number of pyridine rings is 1. The van der Waals surface area contributed by atoms with Crippen LogP contribution < -0.4 is 5.43 Å². The number of aromatic nitrogens is 1. The summed E-state index contributed by atoms with van der Waals surface area (Å²) in [4.78, 5) is 17.3. The summed E-state index contributed by atoms with van der Waals surface area (Å²) in [5.74, 6) is 0.565. The van der Waals surface area contributed by atoms with Crippen LogP contribution in [0.5, 0.6) is 0 Å². The summed E-state index contributed by atoms with van der Waals surface area (Å²) in [6, 6.07) is 20.7. The molecule has 3 aromatic rings. The first-order valence-corrected chi connectivity index (χ1v) is 9.29. The van der Waals surface area contributed by atoms with Gasteiger partial charge in [-0.15, -0.1) is 11.8 Å². The van der Waals surface area contributed by atoms with Crippen LogP contribution in [0.3, 0.4) is 0 Å². The fourth-order valence-corrected chi connectivity index (χ4v) is 3.10. The van der Waals surface area contributed by atoms with E-state index in [2.05, 4.69) is 15.5 Å². The number of carbonyl (C=O) groups excluding carboxylic acids is 1. The lowest BCUT2D eigenvalue weighted by molar-refractivity contribution is 0.0955. The summed E-state index contributed by atoms with van der Waals surface area (Å²) in [6.07, 6.45) is 3.18. The van der Waals surface area contributed by atoms with E-state index >= 15 is 0 Å². The van der Waals surface area contributed by atoms with Gasteiger partial charge in [0.15, 0.2) is 0 Å². The van der Waals surface area contributed by atoms with E-state index in [4.69, 9.17) is 11.6 Å². The van der Waals surface area contributed by atoms with E-state index in [0.717, 1.165) is 21.2 Å². The maximum absolute atomic E-state index is 12.1. The average Bonchev–Trinajstić information content (AvgIpc) is 2.69. The number of hydrogen-bond acceptors (Lipinski definition) is 4. The Hall–Kier alpha value is -2.63. The van der Waals surface area contributed by atoms with Crippen LogP contribution in [-0.4, -0.2) is 17.1 Å². The second-order valence-corrected chi connectivity index (χ2v) is 6.88. The van der Waals surface area contributed by atoms with Crippen LogP contribution in [-0.2, 0) is 5.75 Å². The zero-order valence-corrected chi connectivity index (χ0v) is 15.4. The Morgan fingerprint density at radius 2 is 1.85 bits per heavy atom. The number of carbonyl (C=O) groups is 1. The van der Waals surface area contributed by atoms with Gasteiger partial charge in [0, 0.05) is 27.4 Å². The van der Waals surface area contributed by atoms with Gasteiger partial charge in [0.2, 0.25) is 0 Å². The smallest absolute Gasteiger partial charge is 0.267 e. The van der Waals surface area contributed by atoms with Crippen molar-refractivity contribution in [3.63, 3.8) is 0 Å². The molecule has 0 radical (unpaired) electrons. The molecule has 2 aromatic carbocycles. The maximum atomic E-state index is 12.1. The first-order chi connectivity index (χ1) is 12.7. The predicted octanol–water partition coefficient (Wildman–Crippen LogP) is 4.79. The molecule has 0 atom stereocenters. The molecule has 0 aliphatic heterocycles. The number of hydrazone groups is 1. The molecule has 1 heterocycles. The number of nitrogens with one attached hydrogen (secondary N) is 1. The molecule has 1 amide bonds. The van der Waals surface area contributed by atoms with Crippen LogP contribution in [0, 0.1) is 0 Å². The van der Waals surface area contributed by atoms with Crippen LogP contribution in [0.25, 0.3) is 0 Å². The minimum atomic E-state index is -0.255. The molecule has 0 saturated carbocycles. The molecule has 0 unspecified atom stereocenters. The number of halogens is 1. The Labute approximate surface area is 161 Å². The Morgan fingerprint density at radius 3 is 2.54 bits per heavy atom. The van der Waals surface area contributed by atoms with Crippen molar-refractivity contribution in [3.8, 4) is 0 Å². The van der Waals surface area contributed by atoms with E-state index in [1.54, 1.807) is 30.1 Å². The molecule has 4 nitrogen and oxygen atoms in total. The summed E-state index contributed by atoms with van der Waals surface area (Å²) < 4.78 is 0. The lowest BCUT2D eigenvalue weighted by Crippen LogP contribution is -2.17. The van der Waals surface area contributed by atoms with Crippen molar-refractivity contribution in [2.75, 3.05) is 0 Å². The largest absolute Gasteiger partial charge is 0.271 e. The minimum absolute atomic E-state index is 0.255. The van der Waals surface area contributed by atoms with Crippen LogP contribution in [0.1, 0.15) is 21.6 Å². The van der Waals surface area contributed by atoms with E-state index in [0.29, 0.717) is 11.3 Å². The quantitative estimate of drug-likeness (QED) is 0.379. The van der Waals surface area contributed by atoms with Crippen molar-refractivity contribution in [1.29, 1.82) is 0 Å². The van der Waals surface area contributed by atoms with Gasteiger partial charge in [0.25, 0.3) is 5.91 Å². The van der Waals surface area contributed by atoms with Gasteiger partial charge in [-0.1, -0.05) is 29.8 Å².